The molecule has 1 aromatic carbocycles. The molecule has 0 spiro atoms. The average Bonchev–Trinajstić information content (AvgIpc) is 3.34. The number of amides is 1. The first-order valence-electron chi connectivity index (χ1n) is 9.69. The molecule has 0 saturated carbocycles. The summed E-state index contributed by atoms with van der Waals surface area (Å²) in [5, 5.41) is 9.08. The van der Waals surface area contributed by atoms with Crippen molar-refractivity contribution in [2.45, 2.75) is 31.2 Å². The Labute approximate surface area is 163 Å². The van der Waals surface area contributed by atoms with E-state index in [0.29, 0.717) is 24.3 Å². The number of aromatic nitrogens is 1. The van der Waals surface area contributed by atoms with E-state index in [0.717, 1.165) is 31.6 Å². The van der Waals surface area contributed by atoms with Gasteiger partial charge in [-0.15, -0.1) is 0 Å². The molecule has 3 atom stereocenters. The molecule has 1 aromatic heterocycles. The van der Waals surface area contributed by atoms with Crippen molar-refractivity contribution in [2.24, 2.45) is 0 Å². The van der Waals surface area contributed by atoms with E-state index in [4.69, 9.17) is 14.6 Å². The van der Waals surface area contributed by atoms with Crippen molar-refractivity contribution >= 4 is 5.91 Å². The normalized spacial score (nSPS) is 25.9. The van der Waals surface area contributed by atoms with Gasteiger partial charge in [0.15, 0.2) is 11.9 Å². The molecule has 0 radical (unpaired) electrons. The number of pyridine rings is 1. The number of hydrogen-bond acceptors (Lipinski definition) is 6. The van der Waals surface area contributed by atoms with Crippen LogP contribution in [0.3, 0.4) is 0 Å². The van der Waals surface area contributed by atoms with Crippen LogP contribution in [0.15, 0.2) is 42.6 Å². The summed E-state index contributed by atoms with van der Waals surface area (Å²) in [6.07, 6.45) is 2.55. The molecule has 7 nitrogen and oxygen atoms in total. The van der Waals surface area contributed by atoms with Gasteiger partial charge in [-0.3, -0.25) is 9.69 Å². The van der Waals surface area contributed by atoms with E-state index in [9.17, 15) is 4.79 Å². The number of fused-ring (bicyclic) bond motifs is 3. The van der Waals surface area contributed by atoms with Gasteiger partial charge in [-0.25, -0.2) is 4.98 Å². The Morgan fingerprint density at radius 2 is 2.04 bits per heavy atom. The minimum atomic E-state index is -0.391. The molecule has 0 aliphatic carbocycles. The smallest absolute Gasteiger partial charge is 0.257 e. The first kappa shape index (κ1) is 17.5. The van der Waals surface area contributed by atoms with Gasteiger partial charge in [-0.2, -0.15) is 0 Å². The molecule has 7 heteroatoms. The Kier molecular flexibility index (Phi) is 4.41. The van der Waals surface area contributed by atoms with Crippen molar-refractivity contribution in [3.8, 4) is 11.6 Å². The Balaban J connectivity index is 1.21. The summed E-state index contributed by atoms with van der Waals surface area (Å²) in [6, 6.07) is 12.8. The quantitative estimate of drug-likeness (QED) is 0.862. The summed E-state index contributed by atoms with van der Waals surface area (Å²) >= 11 is 0. The van der Waals surface area contributed by atoms with E-state index >= 15 is 0 Å². The predicted molar refractivity (Wildman–Crippen MR) is 101 cm³/mol. The summed E-state index contributed by atoms with van der Waals surface area (Å²) in [6.45, 7) is 2.55. The van der Waals surface area contributed by atoms with Crippen LogP contribution in [0.1, 0.15) is 23.7 Å². The van der Waals surface area contributed by atoms with Gasteiger partial charge in [-0.05, 0) is 29.7 Å². The van der Waals surface area contributed by atoms with Crippen LogP contribution < -0.4 is 9.47 Å². The van der Waals surface area contributed by atoms with Gasteiger partial charge < -0.3 is 19.5 Å². The molecule has 5 rings (SSSR count). The Morgan fingerprint density at radius 3 is 2.79 bits per heavy atom. The molecule has 2 bridgehead atoms. The van der Waals surface area contributed by atoms with Crippen molar-refractivity contribution in [3.05, 3.63) is 53.7 Å². The van der Waals surface area contributed by atoms with Gasteiger partial charge in [0, 0.05) is 37.9 Å². The lowest BCUT2D eigenvalue weighted by Gasteiger charge is -2.34. The number of piperazine rings is 1. The molecule has 3 aliphatic heterocycles. The molecule has 1 unspecified atom stereocenters. The number of rotatable bonds is 4. The predicted octanol–water partition coefficient (Wildman–Crippen LogP) is 1.37. The molecule has 28 heavy (non-hydrogen) atoms. The number of benzene rings is 1. The van der Waals surface area contributed by atoms with Crippen LogP contribution in [0, 0.1) is 0 Å². The number of aliphatic hydroxyl groups is 1. The Hall–Kier alpha value is -2.64. The van der Waals surface area contributed by atoms with Crippen molar-refractivity contribution in [1.82, 2.24) is 14.8 Å². The van der Waals surface area contributed by atoms with Crippen LogP contribution in [0.4, 0.5) is 0 Å². The number of likely N-dealkylation sites (tertiary alicyclic amines) is 2. The minimum absolute atomic E-state index is 0.151. The van der Waals surface area contributed by atoms with E-state index in [-0.39, 0.29) is 18.1 Å². The van der Waals surface area contributed by atoms with E-state index in [1.54, 1.807) is 6.20 Å². The monoisotopic (exact) mass is 381 g/mol. The second-order valence-electron chi connectivity index (χ2n) is 7.64. The highest BCUT2D eigenvalue weighted by atomic mass is 16.6. The standard InChI is InChI=1S/C21H23N3O4/c25-12-20(26)24-11-16-8-17(24)10-23(16)9-14-3-5-15(6-4-14)19-13-27-18-2-1-7-22-21(18)28-19/h1-7,16-17,19,25H,8-13H2/t16-,17-,19?/m0/s1. The third-order valence-corrected chi connectivity index (χ3v) is 5.93. The van der Waals surface area contributed by atoms with Crippen LogP contribution in [0.25, 0.3) is 0 Å². The third kappa shape index (κ3) is 3.10. The first-order chi connectivity index (χ1) is 13.7. The maximum atomic E-state index is 11.8. The first-order valence-corrected chi connectivity index (χ1v) is 9.69. The number of ether oxygens (including phenoxy) is 2. The molecule has 1 amide bonds. The highest BCUT2D eigenvalue weighted by Crippen LogP contribution is 2.35. The molecule has 2 fully saturated rings. The molecule has 1 N–H and O–H groups in total. The van der Waals surface area contributed by atoms with Gasteiger partial charge in [-0.1, -0.05) is 24.3 Å². The van der Waals surface area contributed by atoms with Crippen LogP contribution in [0.5, 0.6) is 11.6 Å². The molecule has 3 aliphatic rings. The number of hydrogen-bond donors (Lipinski definition) is 1. The zero-order valence-electron chi connectivity index (χ0n) is 15.5. The minimum Gasteiger partial charge on any atom is -0.484 e. The van der Waals surface area contributed by atoms with E-state index < -0.39 is 6.61 Å². The van der Waals surface area contributed by atoms with Crippen LogP contribution >= 0.6 is 0 Å². The lowest BCUT2D eigenvalue weighted by atomic mass is 10.1. The zero-order valence-corrected chi connectivity index (χ0v) is 15.5. The van der Waals surface area contributed by atoms with Gasteiger partial charge in [0.1, 0.15) is 13.2 Å². The maximum absolute atomic E-state index is 11.8. The fraction of sp³-hybridized carbons (Fsp3) is 0.429. The molecule has 146 valence electrons. The van der Waals surface area contributed by atoms with E-state index in [1.807, 2.05) is 17.0 Å². The summed E-state index contributed by atoms with van der Waals surface area (Å²) in [4.78, 5) is 20.3. The van der Waals surface area contributed by atoms with Gasteiger partial charge >= 0.3 is 0 Å². The van der Waals surface area contributed by atoms with E-state index in [2.05, 4.69) is 34.1 Å². The second-order valence-corrected chi connectivity index (χ2v) is 7.64. The largest absolute Gasteiger partial charge is 0.484 e. The molecule has 4 heterocycles. The lowest BCUT2D eigenvalue weighted by molar-refractivity contribution is -0.136. The highest BCUT2D eigenvalue weighted by molar-refractivity contribution is 5.78. The lowest BCUT2D eigenvalue weighted by Crippen LogP contribution is -2.49. The molecule has 2 saturated heterocycles. The second kappa shape index (κ2) is 7.07. The van der Waals surface area contributed by atoms with Gasteiger partial charge in [0.05, 0.1) is 0 Å². The Bertz CT molecular complexity index is 872. The zero-order chi connectivity index (χ0) is 19.1. The SMILES string of the molecule is O=C(CO)N1C[C@@H]2C[C@H]1CN2Cc1ccc(C2COc3cccnc3O2)cc1. The molecule has 2 aromatic rings. The van der Waals surface area contributed by atoms with Crippen molar-refractivity contribution < 1.29 is 19.4 Å². The number of nitrogens with zero attached hydrogens (tertiary/aromatic N) is 3. The molecular weight excluding hydrogens is 358 g/mol. The Morgan fingerprint density at radius 1 is 1.18 bits per heavy atom. The average molecular weight is 381 g/mol. The summed E-state index contributed by atoms with van der Waals surface area (Å²) in [5.74, 6) is 1.08. The number of aliphatic hydroxyl groups excluding tert-OH is 1. The van der Waals surface area contributed by atoms with E-state index in [1.165, 1.54) is 5.56 Å². The van der Waals surface area contributed by atoms with Crippen LogP contribution in [-0.4, -0.2) is 64.2 Å². The summed E-state index contributed by atoms with van der Waals surface area (Å²) in [7, 11) is 0. The van der Waals surface area contributed by atoms with Crippen molar-refractivity contribution in [1.29, 1.82) is 0 Å². The summed E-state index contributed by atoms with van der Waals surface area (Å²) < 4.78 is 11.7. The highest BCUT2D eigenvalue weighted by Gasteiger charge is 2.44. The third-order valence-electron chi connectivity index (χ3n) is 5.93. The number of carbonyl (C=O) groups excluding carboxylic acids is 1. The number of carbonyl (C=O) groups is 1. The fourth-order valence-electron chi connectivity index (χ4n) is 4.48. The topological polar surface area (TPSA) is 75.1 Å². The maximum Gasteiger partial charge on any atom is 0.257 e. The summed E-state index contributed by atoms with van der Waals surface area (Å²) in [5.41, 5.74) is 2.31. The fourth-order valence-corrected chi connectivity index (χ4v) is 4.48. The van der Waals surface area contributed by atoms with Crippen molar-refractivity contribution in [2.75, 3.05) is 26.3 Å². The molecular formula is C21H23N3O4. The van der Waals surface area contributed by atoms with Crippen LogP contribution in [0.2, 0.25) is 0 Å². The van der Waals surface area contributed by atoms with Crippen LogP contribution in [-0.2, 0) is 11.3 Å². The van der Waals surface area contributed by atoms with Crippen molar-refractivity contribution in [3.63, 3.8) is 0 Å². The van der Waals surface area contributed by atoms with Gasteiger partial charge in [0.25, 0.3) is 5.88 Å². The van der Waals surface area contributed by atoms with Gasteiger partial charge in [0.2, 0.25) is 5.91 Å².